The molecule has 0 bridgehead atoms. The molecule has 0 saturated carbocycles. The quantitative estimate of drug-likeness (QED) is 0.839. The molecule has 0 saturated heterocycles. The van der Waals surface area contributed by atoms with Crippen LogP contribution in [-0.2, 0) is 17.1 Å². The van der Waals surface area contributed by atoms with Gasteiger partial charge in [0, 0.05) is 13.1 Å². The van der Waals surface area contributed by atoms with Crippen LogP contribution in [0, 0.1) is 12.8 Å². The highest BCUT2D eigenvalue weighted by Gasteiger charge is 2.26. The molecule has 104 valence electrons. The predicted molar refractivity (Wildman–Crippen MR) is 71.6 cm³/mol. The molecule has 0 radical (unpaired) electrons. The molecule has 0 spiro atoms. The van der Waals surface area contributed by atoms with Gasteiger partial charge in [0.25, 0.3) is 0 Å². The van der Waals surface area contributed by atoms with Crippen LogP contribution in [0.5, 0.6) is 0 Å². The average molecular weight is 274 g/mol. The van der Waals surface area contributed by atoms with E-state index in [1.165, 1.54) is 4.68 Å². The Morgan fingerprint density at radius 3 is 2.33 bits per heavy atom. The van der Waals surface area contributed by atoms with Crippen molar-refractivity contribution in [2.45, 2.75) is 45.1 Å². The van der Waals surface area contributed by atoms with Crippen molar-refractivity contribution >= 4 is 15.8 Å². The third-order valence-electron chi connectivity index (χ3n) is 2.75. The molecule has 1 heterocycles. The SMILES string of the molecule is Cc1c(S(=O)(=O)NC(C)CC(C)C)c(N)nn1C. The molecule has 0 fully saturated rings. The Morgan fingerprint density at radius 1 is 1.39 bits per heavy atom. The van der Waals surface area contributed by atoms with E-state index in [1.807, 2.05) is 6.92 Å². The molecule has 1 aromatic heterocycles. The molecule has 0 aliphatic heterocycles. The van der Waals surface area contributed by atoms with Crippen molar-refractivity contribution in [2.75, 3.05) is 5.73 Å². The number of nitrogens with one attached hydrogen (secondary N) is 1. The standard InChI is InChI=1S/C11H22N4O2S/c1-7(2)6-8(3)14-18(16,17)10-9(4)15(5)13-11(10)12/h7-8,14H,6H2,1-5H3,(H2,12,13). The highest BCUT2D eigenvalue weighted by Crippen LogP contribution is 2.21. The Hall–Kier alpha value is -1.08. The summed E-state index contributed by atoms with van der Waals surface area (Å²) in [6, 6.07) is -0.131. The van der Waals surface area contributed by atoms with Crippen molar-refractivity contribution in [3.8, 4) is 0 Å². The minimum atomic E-state index is -3.60. The zero-order chi connectivity index (χ0) is 14.1. The van der Waals surface area contributed by atoms with E-state index in [2.05, 4.69) is 23.7 Å². The van der Waals surface area contributed by atoms with Gasteiger partial charge in [-0.2, -0.15) is 5.10 Å². The number of nitrogens with zero attached hydrogens (tertiary/aromatic N) is 2. The maximum Gasteiger partial charge on any atom is 0.246 e. The summed E-state index contributed by atoms with van der Waals surface area (Å²) in [5.41, 5.74) is 6.19. The summed E-state index contributed by atoms with van der Waals surface area (Å²) in [5.74, 6) is 0.467. The molecule has 18 heavy (non-hydrogen) atoms. The molecular weight excluding hydrogens is 252 g/mol. The van der Waals surface area contributed by atoms with Crippen molar-refractivity contribution in [3.05, 3.63) is 5.69 Å². The lowest BCUT2D eigenvalue weighted by Crippen LogP contribution is -2.34. The number of hydrogen-bond acceptors (Lipinski definition) is 4. The van der Waals surface area contributed by atoms with Crippen LogP contribution in [0.1, 0.15) is 32.9 Å². The molecule has 0 aliphatic rings. The number of nitrogen functional groups attached to an aromatic ring is 1. The minimum Gasteiger partial charge on any atom is -0.381 e. The highest BCUT2D eigenvalue weighted by molar-refractivity contribution is 7.89. The molecular formula is C11H22N4O2S. The van der Waals surface area contributed by atoms with E-state index in [-0.39, 0.29) is 16.8 Å². The fraction of sp³-hybridized carbons (Fsp3) is 0.727. The third kappa shape index (κ3) is 3.23. The molecule has 7 heteroatoms. The lowest BCUT2D eigenvalue weighted by molar-refractivity contribution is 0.482. The van der Waals surface area contributed by atoms with Crippen LogP contribution in [0.15, 0.2) is 4.90 Å². The predicted octanol–water partition coefficient (Wildman–Crippen LogP) is 1.02. The maximum atomic E-state index is 12.2. The first-order chi connectivity index (χ1) is 8.15. The number of hydrogen-bond donors (Lipinski definition) is 2. The zero-order valence-electron chi connectivity index (χ0n) is 11.6. The normalized spacial score (nSPS) is 14.1. The second-order valence-electron chi connectivity index (χ2n) is 5.08. The van der Waals surface area contributed by atoms with Gasteiger partial charge in [-0.3, -0.25) is 4.68 Å². The minimum absolute atomic E-state index is 0.0410. The molecule has 3 N–H and O–H groups in total. The van der Waals surface area contributed by atoms with Gasteiger partial charge in [0.1, 0.15) is 4.90 Å². The van der Waals surface area contributed by atoms with Crippen molar-refractivity contribution in [1.82, 2.24) is 14.5 Å². The van der Waals surface area contributed by atoms with Crippen LogP contribution in [0.3, 0.4) is 0 Å². The first-order valence-corrected chi connectivity index (χ1v) is 7.45. The van der Waals surface area contributed by atoms with Crippen LogP contribution >= 0.6 is 0 Å². The number of nitrogens with two attached hydrogens (primary N) is 1. The van der Waals surface area contributed by atoms with Crippen molar-refractivity contribution in [3.63, 3.8) is 0 Å². The van der Waals surface area contributed by atoms with Gasteiger partial charge in [-0.15, -0.1) is 0 Å². The summed E-state index contributed by atoms with van der Waals surface area (Å²) in [4.78, 5) is 0.0839. The molecule has 1 atom stereocenters. The number of rotatable bonds is 5. The van der Waals surface area contributed by atoms with Gasteiger partial charge in [0.2, 0.25) is 10.0 Å². The van der Waals surface area contributed by atoms with Crippen LogP contribution < -0.4 is 10.5 Å². The molecule has 0 aromatic carbocycles. The summed E-state index contributed by atoms with van der Waals surface area (Å²) in [7, 11) is -1.94. The van der Waals surface area contributed by atoms with Crippen LogP contribution in [0.4, 0.5) is 5.82 Å². The van der Waals surface area contributed by atoms with Gasteiger partial charge in [-0.1, -0.05) is 13.8 Å². The lowest BCUT2D eigenvalue weighted by Gasteiger charge is -2.16. The Labute approximate surface area is 109 Å². The van der Waals surface area contributed by atoms with Gasteiger partial charge in [-0.25, -0.2) is 13.1 Å². The molecule has 0 amide bonds. The molecule has 1 rings (SSSR count). The van der Waals surface area contributed by atoms with E-state index in [4.69, 9.17) is 5.73 Å². The van der Waals surface area contributed by atoms with E-state index in [0.717, 1.165) is 6.42 Å². The number of aromatic nitrogens is 2. The lowest BCUT2D eigenvalue weighted by atomic mass is 10.1. The van der Waals surface area contributed by atoms with Gasteiger partial charge in [-0.05, 0) is 26.2 Å². The second kappa shape index (κ2) is 5.27. The van der Waals surface area contributed by atoms with Crippen LogP contribution in [0.2, 0.25) is 0 Å². The highest BCUT2D eigenvalue weighted by atomic mass is 32.2. The average Bonchev–Trinajstić information content (AvgIpc) is 2.37. The van der Waals surface area contributed by atoms with Gasteiger partial charge < -0.3 is 5.73 Å². The van der Waals surface area contributed by atoms with E-state index in [9.17, 15) is 8.42 Å². The van der Waals surface area contributed by atoms with Gasteiger partial charge in [0.15, 0.2) is 5.82 Å². The summed E-state index contributed by atoms with van der Waals surface area (Å²) < 4.78 is 28.6. The molecule has 1 unspecified atom stereocenters. The summed E-state index contributed by atoms with van der Waals surface area (Å²) in [6.45, 7) is 7.63. The Balaban J connectivity index is 3.00. The number of aryl methyl sites for hydroxylation is 1. The van der Waals surface area contributed by atoms with Crippen molar-refractivity contribution < 1.29 is 8.42 Å². The van der Waals surface area contributed by atoms with Crippen molar-refractivity contribution in [1.29, 1.82) is 0 Å². The van der Waals surface area contributed by atoms with Gasteiger partial charge >= 0.3 is 0 Å². The summed E-state index contributed by atoms with van der Waals surface area (Å²) in [6.07, 6.45) is 0.776. The summed E-state index contributed by atoms with van der Waals surface area (Å²) >= 11 is 0. The van der Waals surface area contributed by atoms with Gasteiger partial charge in [0.05, 0.1) is 5.69 Å². The van der Waals surface area contributed by atoms with Crippen LogP contribution in [-0.4, -0.2) is 24.2 Å². The topological polar surface area (TPSA) is 90.0 Å². The Morgan fingerprint density at radius 2 is 1.94 bits per heavy atom. The van der Waals surface area contributed by atoms with E-state index >= 15 is 0 Å². The Kier molecular flexibility index (Phi) is 4.39. The first kappa shape index (κ1) is 15.0. The monoisotopic (exact) mass is 274 g/mol. The molecule has 0 aliphatic carbocycles. The zero-order valence-corrected chi connectivity index (χ0v) is 12.4. The van der Waals surface area contributed by atoms with E-state index < -0.39 is 10.0 Å². The Bertz CT molecular complexity index is 519. The first-order valence-electron chi connectivity index (χ1n) is 5.96. The van der Waals surface area contributed by atoms with Crippen LogP contribution in [0.25, 0.3) is 0 Å². The largest absolute Gasteiger partial charge is 0.381 e. The number of anilines is 1. The molecule has 1 aromatic rings. The molecule has 6 nitrogen and oxygen atoms in total. The summed E-state index contributed by atoms with van der Waals surface area (Å²) in [5, 5.41) is 3.92. The maximum absolute atomic E-state index is 12.2. The fourth-order valence-electron chi connectivity index (χ4n) is 2.03. The van der Waals surface area contributed by atoms with E-state index in [1.54, 1.807) is 14.0 Å². The van der Waals surface area contributed by atoms with E-state index in [0.29, 0.717) is 11.6 Å². The number of sulfonamides is 1. The smallest absolute Gasteiger partial charge is 0.246 e. The second-order valence-corrected chi connectivity index (χ2v) is 6.73. The van der Waals surface area contributed by atoms with Crippen molar-refractivity contribution in [2.24, 2.45) is 13.0 Å². The third-order valence-corrected chi connectivity index (χ3v) is 4.51. The fourth-order valence-corrected chi connectivity index (χ4v) is 3.61.